The summed E-state index contributed by atoms with van der Waals surface area (Å²) in [6.07, 6.45) is 8.44. The average molecular weight is 520 g/mol. The van der Waals surface area contributed by atoms with E-state index in [4.69, 9.17) is 24.9 Å². The molecular formula is C27H29N5O4S. The van der Waals surface area contributed by atoms with Gasteiger partial charge < -0.3 is 15.5 Å². The largest absolute Gasteiger partial charge is 0.473 e. The fraction of sp³-hybridized carbons (Fsp3) is 0.259. The van der Waals surface area contributed by atoms with Crippen LogP contribution in [0.3, 0.4) is 0 Å². The molecule has 0 amide bonds. The molecule has 0 spiro atoms. The van der Waals surface area contributed by atoms with E-state index in [0.29, 0.717) is 6.04 Å². The molecule has 9 nitrogen and oxygen atoms in total. The van der Waals surface area contributed by atoms with Crippen molar-refractivity contribution in [3.63, 3.8) is 0 Å². The molecule has 5 rings (SSSR count). The molecule has 0 radical (unpaired) electrons. The number of carbonyl (C=O) groups is 2. The number of benzene rings is 1. The standard InChI is InChI=1S/C25H27N5S.C2H2O4/c1-2-9-22(10-3-1)30-19-21(25(28-30)20-8-6-12-26-16-20)17-27-18-23(24-11-7-15-31-24)29-13-4-5-14-29;3-1(4)2(5)6/h1-3,6-12,15-16,19,23,27H,4-5,13-14,17-18H2;(H,3,4)(H,5,6). The van der Waals surface area contributed by atoms with Crippen molar-refractivity contribution in [2.45, 2.75) is 25.4 Å². The minimum absolute atomic E-state index is 0.438. The Bertz CT molecular complexity index is 1260. The number of hydrogen-bond acceptors (Lipinski definition) is 7. The van der Waals surface area contributed by atoms with Crippen molar-refractivity contribution in [3.8, 4) is 16.9 Å². The van der Waals surface area contributed by atoms with Crippen molar-refractivity contribution >= 4 is 23.3 Å². The molecule has 10 heteroatoms. The number of nitrogens with one attached hydrogen (secondary N) is 1. The molecule has 0 saturated carbocycles. The third-order valence-corrected chi connectivity index (χ3v) is 7.01. The first-order valence-corrected chi connectivity index (χ1v) is 12.9. The maximum absolute atomic E-state index is 9.10. The summed E-state index contributed by atoms with van der Waals surface area (Å²) in [6.45, 7) is 4.09. The van der Waals surface area contributed by atoms with Gasteiger partial charge in [0.05, 0.1) is 17.4 Å². The molecule has 192 valence electrons. The molecule has 37 heavy (non-hydrogen) atoms. The van der Waals surface area contributed by atoms with Gasteiger partial charge in [0.1, 0.15) is 0 Å². The Hall–Kier alpha value is -3.86. The lowest BCUT2D eigenvalue weighted by Crippen LogP contribution is -2.33. The van der Waals surface area contributed by atoms with Crippen LogP contribution in [0.2, 0.25) is 0 Å². The molecule has 3 aromatic heterocycles. The predicted octanol–water partition coefficient (Wildman–Crippen LogP) is 4.08. The zero-order valence-electron chi connectivity index (χ0n) is 20.2. The Balaban J connectivity index is 0.000000480. The van der Waals surface area contributed by atoms with E-state index in [1.165, 1.54) is 36.4 Å². The minimum Gasteiger partial charge on any atom is -0.473 e. The van der Waals surface area contributed by atoms with Gasteiger partial charge in [0.25, 0.3) is 0 Å². The number of pyridine rings is 1. The molecule has 3 N–H and O–H groups in total. The zero-order chi connectivity index (χ0) is 26.0. The number of aliphatic carboxylic acids is 2. The van der Waals surface area contributed by atoms with Gasteiger partial charge in [-0.15, -0.1) is 11.3 Å². The molecule has 1 unspecified atom stereocenters. The highest BCUT2D eigenvalue weighted by atomic mass is 32.1. The maximum atomic E-state index is 9.10. The Kier molecular flexibility index (Phi) is 9.14. The number of para-hydroxylation sites is 1. The summed E-state index contributed by atoms with van der Waals surface area (Å²) in [5, 5.41) is 25.6. The van der Waals surface area contributed by atoms with E-state index in [2.05, 4.69) is 57.1 Å². The van der Waals surface area contributed by atoms with Gasteiger partial charge in [-0.2, -0.15) is 5.10 Å². The molecule has 1 atom stereocenters. The maximum Gasteiger partial charge on any atom is 0.414 e. The highest BCUT2D eigenvalue weighted by molar-refractivity contribution is 7.10. The first kappa shape index (κ1) is 26.2. The average Bonchev–Trinajstić information content (AvgIpc) is 3.71. The van der Waals surface area contributed by atoms with E-state index < -0.39 is 11.9 Å². The summed E-state index contributed by atoms with van der Waals surface area (Å²) < 4.78 is 1.97. The second kappa shape index (κ2) is 12.9. The van der Waals surface area contributed by atoms with Crippen LogP contribution in [0.5, 0.6) is 0 Å². The van der Waals surface area contributed by atoms with E-state index in [1.807, 2.05) is 46.5 Å². The lowest BCUT2D eigenvalue weighted by atomic mass is 10.1. The fourth-order valence-corrected chi connectivity index (χ4v) is 5.15. The zero-order valence-corrected chi connectivity index (χ0v) is 21.1. The first-order valence-electron chi connectivity index (χ1n) is 12.0. The summed E-state index contributed by atoms with van der Waals surface area (Å²) in [5.41, 5.74) is 4.28. The summed E-state index contributed by atoms with van der Waals surface area (Å²) in [6, 6.07) is 19.2. The molecule has 1 aromatic carbocycles. The van der Waals surface area contributed by atoms with Crippen LogP contribution < -0.4 is 5.32 Å². The number of rotatable bonds is 8. The molecule has 0 aliphatic carbocycles. The van der Waals surface area contributed by atoms with Crippen molar-refractivity contribution in [3.05, 3.63) is 89.0 Å². The molecule has 4 heterocycles. The van der Waals surface area contributed by atoms with Gasteiger partial charge in [-0.05, 0) is 61.6 Å². The predicted molar refractivity (Wildman–Crippen MR) is 142 cm³/mol. The van der Waals surface area contributed by atoms with Crippen molar-refractivity contribution in [2.24, 2.45) is 0 Å². The van der Waals surface area contributed by atoms with Gasteiger partial charge in [-0.3, -0.25) is 9.88 Å². The van der Waals surface area contributed by atoms with Gasteiger partial charge in [0.15, 0.2) is 0 Å². The van der Waals surface area contributed by atoms with Crippen LogP contribution in [0.1, 0.15) is 29.3 Å². The van der Waals surface area contributed by atoms with E-state index in [1.54, 1.807) is 6.20 Å². The highest BCUT2D eigenvalue weighted by Gasteiger charge is 2.24. The first-order chi connectivity index (χ1) is 18.0. The van der Waals surface area contributed by atoms with Crippen LogP contribution in [-0.4, -0.2) is 61.5 Å². The second-order valence-electron chi connectivity index (χ2n) is 8.54. The van der Waals surface area contributed by atoms with Crippen molar-refractivity contribution in [2.75, 3.05) is 19.6 Å². The Morgan fingerprint density at radius 1 is 1.00 bits per heavy atom. The smallest absolute Gasteiger partial charge is 0.414 e. The lowest BCUT2D eigenvalue weighted by Gasteiger charge is -2.27. The van der Waals surface area contributed by atoms with Crippen molar-refractivity contribution in [1.29, 1.82) is 0 Å². The third-order valence-electron chi connectivity index (χ3n) is 6.03. The van der Waals surface area contributed by atoms with Crippen LogP contribution in [0.25, 0.3) is 16.9 Å². The van der Waals surface area contributed by atoms with E-state index in [9.17, 15) is 0 Å². The lowest BCUT2D eigenvalue weighted by molar-refractivity contribution is -0.159. The molecule has 1 aliphatic rings. The number of hydrogen-bond donors (Lipinski definition) is 3. The number of carboxylic acids is 2. The van der Waals surface area contributed by atoms with Crippen LogP contribution in [0.4, 0.5) is 0 Å². The number of nitrogens with zero attached hydrogens (tertiary/aromatic N) is 4. The van der Waals surface area contributed by atoms with Gasteiger partial charge >= 0.3 is 11.9 Å². The van der Waals surface area contributed by atoms with E-state index in [0.717, 1.165) is 30.0 Å². The quantitative estimate of drug-likeness (QED) is 0.298. The minimum atomic E-state index is -1.82. The van der Waals surface area contributed by atoms with Crippen molar-refractivity contribution < 1.29 is 19.8 Å². The highest BCUT2D eigenvalue weighted by Crippen LogP contribution is 2.28. The van der Waals surface area contributed by atoms with Gasteiger partial charge in [0.2, 0.25) is 0 Å². The molecule has 1 aliphatic heterocycles. The third kappa shape index (κ3) is 7.10. The molecule has 1 fully saturated rings. The van der Waals surface area contributed by atoms with Gasteiger partial charge in [-0.1, -0.05) is 24.3 Å². The van der Waals surface area contributed by atoms with Crippen LogP contribution in [-0.2, 0) is 16.1 Å². The van der Waals surface area contributed by atoms with Gasteiger partial charge in [0, 0.05) is 47.7 Å². The fourth-order valence-electron chi connectivity index (χ4n) is 4.29. The monoisotopic (exact) mass is 519 g/mol. The number of aromatic nitrogens is 3. The Morgan fingerprint density at radius 3 is 2.38 bits per heavy atom. The summed E-state index contributed by atoms with van der Waals surface area (Å²) in [7, 11) is 0. The summed E-state index contributed by atoms with van der Waals surface area (Å²) >= 11 is 1.86. The molecule has 0 bridgehead atoms. The van der Waals surface area contributed by atoms with Crippen LogP contribution >= 0.6 is 11.3 Å². The van der Waals surface area contributed by atoms with Crippen LogP contribution in [0.15, 0.2) is 78.6 Å². The van der Waals surface area contributed by atoms with Crippen LogP contribution in [0, 0.1) is 0 Å². The molecule has 1 saturated heterocycles. The number of likely N-dealkylation sites (tertiary alicyclic amines) is 1. The normalized spacial score (nSPS) is 14.1. The number of carboxylic acid groups (broad SMARTS) is 2. The van der Waals surface area contributed by atoms with E-state index in [-0.39, 0.29) is 0 Å². The van der Waals surface area contributed by atoms with Gasteiger partial charge in [-0.25, -0.2) is 14.3 Å². The molecule has 4 aromatic rings. The summed E-state index contributed by atoms with van der Waals surface area (Å²) in [5.74, 6) is -3.65. The second-order valence-corrected chi connectivity index (χ2v) is 9.52. The van der Waals surface area contributed by atoms with E-state index >= 15 is 0 Å². The summed E-state index contributed by atoms with van der Waals surface area (Å²) in [4.78, 5) is 26.6. The SMILES string of the molecule is O=C(O)C(=O)O.c1ccc(-n2cc(CNCC(c3cccs3)N3CCCC3)c(-c3cccnc3)n2)cc1. The topological polar surface area (TPSA) is 121 Å². The molecular weight excluding hydrogens is 490 g/mol. The van der Waals surface area contributed by atoms with Crippen molar-refractivity contribution in [1.82, 2.24) is 25.0 Å². The Labute approximate surface area is 219 Å². The Morgan fingerprint density at radius 2 is 1.76 bits per heavy atom. The number of thiophene rings is 1.